The molecule has 140 valence electrons. The van der Waals surface area contributed by atoms with Crippen LogP contribution in [0.1, 0.15) is 56.2 Å². The highest BCUT2D eigenvalue weighted by Crippen LogP contribution is 2.35. The fourth-order valence-corrected chi connectivity index (χ4v) is 3.98. The van der Waals surface area contributed by atoms with Crippen LogP contribution in [-0.2, 0) is 0 Å². The molecule has 0 amide bonds. The van der Waals surface area contributed by atoms with Gasteiger partial charge in [-0.2, -0.15) is 0 Å². The fraction of sp³-hybridized carbons (Fsp3) is 0.222. The molecule has 0 spiro atoms. The van der Waals surface area contributed by atoms with Crippen molar-refractivity contribution in [2.24, 2.45) is 4.99 Å². The maximum Gasteiger partial charge on any atom is 0.0699 e. The zero-order valence-corrected chi connectivity index (χ0v) is 17.1. The number of nitrogens with zero attached hydrogens (tertiary/aromatic N) is 1. The lowest BCUT2D eigenvalue weighted by Gasteiger charge is -2.16. The van der Waals surface area contributed by atoms with Crippen LogP contribution in [0.2, 0.25) is 0 Å². The Morgan fingerprint density at radius 2 is 1.14 bits per heavy atom. The fourth-order valence-electron chi connectivity index (χ4n) is 3.98. The lowest BCUT2D eigenvalue weighted by Crippen LogP contribution is -1.96. The van der Waals surface area contributed by atoms with Crippen LogP contribution in [0.25, 0.3) is 21.5 Å². The summed E-state index contributed by atoms with van der Waals surface area (Å²) >= 11 is 0. The lowest BCUT2D eigenvalue weighted by atomic mass is 9.92. The van der Waals surface area contributed by atoms with Gasteiger partial charge in [0.15, 0.2) is 0 Å². The van der Waals surface area contributed by atoms with E-state index in [0.29, 0.717) is 11.8 Å². The van der Waals surface area contributed by atoms with Gasteiger partial charge in [0.1, 0.15) is 0 Å². The predicted molar refractivity (Wildman–Crippen MR) is 123 cm³/mol. The van der Waals surface area contributed by atoms with Crippen LogP contribution in [0.3, 0.4) is 0 Å². The molecule has 0 unspecified atom stereocenters. The van der Waals surface area contributed by atoms with E-state index in [1.165, 1.54) is 38.2 Å². The Labute approximate surface area is 167 Å². The van der Waals surface area contributed by atoms with Gasteiger partial charge >= 0.3 is 0 Å². The van der Waals surface area contributed by atoms with Crippen molar-refractivity contribution in [1.82, 2.24) is 0 Å². The van der Waals surface area contributed by atoms with Crippen molar-refractivity contribution in [2.45, 2.75) is 39.5 Å². The van der Waals surface area contributed by atoms with Crippen LogP contribution in [0, 0.1) is 0 Å². The number of benzene rings is 4. The van der Waals surface area contributed by atoms with Gasteiger partial charge in [0.25, 0.3) is 0 Å². The van der Waals surface area contributed by atoms with Crippen molar-refractivity contribution in [1.29, 1.82) is 0 Å². The molecule has 4 rings (SSSR count). The van der Waals surface area contributed by atoms with Crippen LogP contribution in [-0.4, -0.2) is 6.21 Å². The summed E-state index contributed by atoms with van der Waals surface area (Å²) in [6.45, 7) is 8.97. The lowest BCUT2D eigenvalue weighted by molar-refractivity contribution is 0.835. The molecule has 0 saturated carbocycles. The van der Waals surface area contributed by atoms with Gasteiger partial charge in [-0.3, -0.25) is 4.99 Å². The Kier molecular flexibility index (Phi) is 5.00. The molecule has 0 aliphatic rings. The third kappa shape index (κ3) is 3.33. The van der Waals surface area contributed by atoms with E-state index in [1.54, 1.807) is 0 Å². The monoisotopic (exact) mass is 365 g/mol. The second kappa shape index (κ2) is 7.59. The Morgan fingerprint density at radius 3 is 1.64 bits per heavy atom. The molecule has 4 aromatic carbocycles. The van der Waals surface area contributed by atoms with Gasteiger partial charge in [-0.1, -0.05) is 94.4 Å². The third-order valence-electron chi connectivity index (χ3n) is 5.48. The topological polar surface area (TPSA) is 12.4 Å². The zero-order valence-electron chi connectivity index (χ0n) is 17.1. The third-order valence-corrected chi connectivity index (χ3v) is 5.48. The van der Waals surface area contributed by atoms with Crippen LogP contribution < -0.4 is 0 Å². The average Bonchev–Trinajstić information content (AvgIpc) is 2.70. The van der Waals surface area contributed by atoms with E-state index in [1.807, 2.05) is 0 Å². The van der Waals surface area contributed by atoms with Crippen LogP contribution in [0.15, 0.2) is 77.8 Å². The number of aliphatic imine (C=N–C) groups is 1. The summed E-state index contributed by atoms with van der Waals surface area (Å²) < 4.78 is 0. The highest BCUT2D eigenvalue weighted by molar-refractivity contribution is 6.13. The van der Waals surface area contributed by atoms with Gasteiger partial charge in [0, 0.05) is 11.8 Å². The van der Waals surface area contributed by atoms with Crippen molar-refractivity contribution in [3.05, 3.63) is 89.5 Å². The SMILES string of the molecule is CC(C)c1cccc(C(C)C)c1N=Cc1c2ccccc2cc2ccccc12. The summed E-state index contributed by atoms with van der Waals surface area (Å²) in [5, 5.41) is 5.00. The number of rotatable bonds is 4. The summed E-state index contributed by atoms with van der Waals surface area (Å²) in [4.78, 5) is 5.09. The molecule has 0 aromatic heterocycles. The second-order valence-corrected chi connectivity index (χ2v) is 8.09. The quantitative estimate of drug-likeness (QED) is 0.257. The molecular formula is C27H27N. The summed E-state index contributed by atoms with van der Waals surface area (Å²) in [5.41, 5.74) is 4.95. The molecule has 0 saturated heterocycles. The van der Waals surface area contributed by atoms with Crippen LogP contribution in [0.4, 0.5) is 5.69 Å². The Bertz CT molecular complexity index is 1090. The molecule has 1 nitrogen and oxygen atoms in total. The molecule has 0 atom stereocenters. The molecule has 0 aliphatic carbocycles. The summed E-state index contributed by atoms with van der Waals surface area (Å²) in [6.07, 6.45) is 2.08. The molecule has 0 aliphatic heterocycles. The smallest absolute Gasteiger partial charge is 0.0699 e. The Morgan fingerprint density at radius 1 is 0.643 bits per heavy atom. The van der Waals surface area contributed by atoms with E-state index in [-0.39, 0.29) is 0 Å². The summed E-state index contributed by atoms with van der Waals surface area (Å²) in [5.74, 6) is 0.880. The number of fused-ring (bicyclic) bond motifs is 2. The van der Waals surface area contributed by atoms with E-state index in [2.05, 4.69) is 107 Å². The van der Waals surface area contributed by atoms with Crippen molar-refractivity contribution >= 4 is 33.4 Å². The Hall–Kier alpha value is -2.93. The minimum Gasteiger partial charge on any atom is -0.256 e. The van der Waals surface area contributed by atoms with Crippen molar-refractivity contribution in [2.75, 3.05) is 0 Å². The summed E-state index contributed by atoms with van der Waals surface area (Å²) in [7, 11) is 0. The van der Waals surface area contributed by atoms with Crippen LogP contribution >= 0.6 is 0 Å². The van der Waals surface area contributed by atoms with Gasteiger partial charge in [-0.05, 0) is 50.6 Å². The summed E-state index contributed by atoms with van der Waals surface area (Å²) in [6, 6.07) is 26.0. The van der Waals surface area contributed by atoms with Gasteiger partial charge in [0.05, 0.1) is 5.69 Å². The molecule has 0 N–H and O–H groups in total. The molecule has 0 heterocycles. The van der Waals surface area contributed by atoms with E-state index >= 15 is 0 Å². The van der Waals surface area contributed by atoms with E-state index < -0.39 is 0 Å². The van der Waals surface area contributed by atoms with Gasteiger partial charge in [-0.15, -0.1) is 0 Å². The van der Waals surface area contributed by atoms with Crippen molar-refractivity contribution < 1.29 is 0 Å². The normalized spacial score (nSPS) is 12.1. The second-order valence-electron chi connectivity index (χ2n) is 8.09. The predicted octanol–water partition coefficient (Wildman–Crippen LogP) is 7.99. The van der Waals surface area contributed by atoms with Gasteiger partial charge in [-0.25, -0.2) is 0 Å². The number of hydrogen-bond acceptors (Lipinski definition) is 1. The largest absolute Gasteiger partial charge is 0.256 e. The number of para-hydroxylation sites is 1. The standard InChI is InChI=1S/C27H27N/c1-18(2)22-14-9-15-23(19(3)4)27(22)28-17-26-24-12-7-5-10-20(24)16-21-11-6-8-13-25(21)26/h5-19H,1-4H3. The molecule has 28 heavy (non-hydrogen) atoms. The minimum absolute atomic E-state index is 0.440. The van der Waals surface area contributed by atoms with Gasteiger partial charge < -0.3 is 0 Å². The van der Waals surface area contributed by atoms with E-state index in [0.717, 1.165) is 5.69 Å². The first kappa shape index (κ1) is 18.4. The molecule has 4 aromatic rings. The van der Waals surface area contributed by atoms with E-state index in [4.69, 9.17) is 4.99 Å². The van der Waals surface area contributed by atoms with Crippen molar-refractivity contribution in [3.63, 3.8) is 0 Å². The maximum atomic E-state index is 5.09. The number of hydrogen-bond donors (Lipinski definition) is 0. The van der Waals surface area contributed by atoms with E-state index in [9.17, 15) is 0 Å². The first-order valence-electron chi connectivity index (χ1n) is 10.1. The van der Waals surface area contributed by atoms with Gasteiger partial charge in [0.2, 0.25) is 0 Å². The zero-order chi connectivity index (χ0) is 19.7. The first-order valence-corrected chi connectivity index (χ1v) is 10.1. The molecule has 0 bridgehead atoms. The molecule has 0 fully saturated rings. The first-order chi connectivity index (χ1) is 13.6. The van der Waals surface area contributed by atoms with Crippen molar-refractivity contribution in [3.8, 4) is 0 Å². The average molecular weight is 366 g/mol. The Balaban J connectivity index is 1.97. The minimum atomic E-state index is 0.440. The maximum absolute atomic E-state index is 5.09. The molecule has 1 heteroatoms. The molecule has 0 radical (unpaired) electrons. The highest BCUT2D eigenvalue weighted by atomic mass is 14.7. The molecular weight excluding hydrogens is 338 g/mol. The van der Waals surface area contributed by atoms with Crippen LogP contribution in [0.5, 0.6) is 0 Å². The highest BCUT2D eigenvalue weighted by Gasteiger charge is 2.13.